The van der Waals surface area contributed by atoms with E-state index < -0.39 is 36.0 Å². The average molecular weight is 1530 g/mol. The predicted octanol–water partition coefficient (Wildman–Crippen LogP) is 20.1. The van der Waals surface area contributed by atoms with Crippen molar-refractivity contribution in [2.75, 3.05) is 0 Å². The Bertz CT molecular complexity index is 4860. The average Bonchev–Trinajstić information content (AvgIpc) is 1.53. The van der Waals surface area contributed by atoms with Gasteiger partial charge in [-0.05, 0) is 29.3 Å². The van der Waals surface area contributed by atoms with E-state index in [9.17, 15) is 39.5 Å². The van der Waals surface area contributed by atoms with E-state index in [1.54, 1.807) is 106 Å². The molecule has 0 fully saturated rings. The Morgan fingerprint density at radius 1 is 0.320 bits per heavy atom. The largest absolute Gasteiger partial charge is 3.00 e. The molecule has 0 bridgehead atoms. The SMILES string of the molecule is CC(C)(C)c1c[c-]c([N+]2=C=Nc3c(-c4ccccc4)nc(C(F)(F)F)nc32)cc1.CC(C)(C)c1c[c-]c([N+]2=C=[N+](c3ccccc3)c3c(-c4ccccc4)nc(C(F)(F)F)nc32)cc1.CC(C)(C)c1c[c-]c([N+]2=C=[N+](c3ccccc3)c3c(-c4ccccc4)nc(C(F)(F)F)nc32)cc1.[Ir+3]. The van der Waals surface area contributed by atoms with Crippen molar-refractivity contribution < 1.29 is 59.6 Å². The van der Waals surface area contributed by atoms with E-state index in [4.69, 9.17) is 0 Å². The summed E-state index contributed by atoms with van der Waals surface area (Å²) in [5.41, 5.74) is 9.12. The summed E-state index contributed by atoms with van der Waals surface area (Å²) in [6.07, 6.45) is -14.1. The third kappa shape index (κ3) is 14.9. The second kappa shape index (κ2) is 27.5. The summed E-state index contributed by atoms with van der Waals surface area (Å²) in [4.78, 5) is 27.6. The minimum atomic E-state index is -4.72. The topological polar surface area (TPSA) is 105 Å². The maximum absolute atomic E-state index is 13.9. The second-order valence-electron chi connectivity index (χ2n) is 26.2. The predicted molar refractivity (Wildman–Crippen MR) is 367 cm³/mol. The molecule has 0 radical (unpaired) electrons. The fourth-order valence-electron chi connectivity index (χ4n) is 10.7. The molecular formula is C78H61F9IrN12+5. The Kier molecular flexibility index (Phi) is 19.4. The molecule has 0 atom stereocenters. The number of hydrogen-bond donors (Lipinski definition) is 0. The fraction of sp³-hybridized carbons (Fsp3) is 0.192. The van der Waals surface area contributed by atoms with Gasteiger partial charge in [-0.1, -0.05) is 220 Å². The van der Waals surface area contributed by atoms with Crippen LogP contribution in [0.1, 0.15) is 96.5 Å². The van der Waals surface area contributed by atoms with Gasteiger partial charge in [-0.25, -0.2) is 4.98 Å². The number of hydrogen-bond acceptors (Lipinski definition) is 7. The van der Waals surface area contributed by atoms with Gasteiger partial charge in [-0.15, -0.1) is 45.5 Å². The molecule has 3 aliphatic heterocycles. The zero-order valence-electron chi connectivity index (χ0n) is 55.2. The van der Waals surface area contributed by atoms with Gasteiger partial charge in [0.1, 0.15) is 17.1 Å². The number of alkyl halides is 9. The maximum Gasteiger partial charge on any atom is 3.00 e. The van der Waals surface area contributed by atoms with Gasteiger partial charge in [0, 0.05) is 22.4 Å². The summed E-state index contributed by atoms with van der Waals surface area (Å²) < 4.78 is 132. The quantitative estimate of drug-likeness (QED) is 0.0853. The molecule has 0 amide bonds. The molecule has 22 heteroatoms. The molecule has 0 N–H and O–H groups in total. The number of fused-ring (bicyclic) bond motifs is 3. The van der Waals surface area contributed by atoms with Gasteiger partial charge in [0.05, 0.1) is 21.3 Å². The zero-order valence-corrected chi connectivity index (χ0v) is 57.6. The van der Waals surface area contributed by atoms with Crippen molar-refractivity contribution in [2.45, 2.75) is 97.1 Å². The van der Waals surface area contributed by atoms with Crippen LogP contribution < -0.4 is 22.9 Å². The molecule has 0 spiro atoms. The number of halogens is 9. The van der Waals surface area contributed by atoms with Gasteiger partial charge in [0.2, 0.25) is 6.01 Å². The number of benzene rings is 8. The first-order valence-corrected chi connectivity index (χ1v) is 31.2. The third-order valence-electron chi connectivity index (χ3n) is 16.0. The molecule has 8 aromatic carbocycles. The number of nitrogens with zero attached hydrogens (tertiary/aromatic N) is 12. The van der Waals surface area contributed by atoms with Gasteiger partial charge >= 0.3 is 97.0 Å². The van der Waals surface area contributed by atoms with Crippen molar-refractivity contribution in [1.29, 1.82) is 0 Å². The monoisotopic (exact) mass is 1530 g/mol. The normalized spacial score (nSPS) is 13.2. The minimum Gasteiger partial charge on any atom is -0.205 e. The van der Waals surface area contributed by atoms with Crippen LogP contribution >= 0.6 is 0 Å². The van der Waals surface area contributed by atoms with Crippen LogP contribution in [0.3, 0.4) is 0 Å². The standard InChI is InChI=1S/2C28H22F3N4.C22H17F3N4.Ir/c2*1-27(2,3)20-14-16-22(17-15-20)35-18-34(21-12-8-5-9-13-21)24-23(19-10-6-4-7-11-19)32-26(28(29,30)31)33-25(24)35;1-21(2,3)15-9-11-16(12-10-15)29-13-26-18-17(14-7-5-4-6-8-14)27-20(22(23,24)25)28-19(18)29;/h2*4-16H,1-3H3;4-11H,1-3H3;/q2*+1;;+3. The first-order valence-electron chi connectivity index (χ1n) is 31.2. The van der Waals surface area contributed by atoms with E-state index in [1.165, 1.54) is 13.7 Å². The van der Waals surface area contributed by atoms with Gasteiger partial charge in [0.25, 0.3) is 5.69 Å². The van der Waals surface area contributed by atoms with Crippen LogP contribution in [-0.2, 0) is 54.9 Å². The van der Waals surface area contributed by atoms with Crippen LogP contribution in [0, 0.1) is 18.2 Å². The molecular weight excluding hydrogens is 1470 g/mol. The van der Waals surface area contributed by atoms with Crippen molar-refractivity contribution >= 4 is 81.0 Å². The molecule has 0 unspecified atom stereocenters. The fourth-order valence-corrected chi connectivity index (χ4v) is 10.7. The number of rotatable bonds is 8. The van der Waals surface area contributed by atoms with Crippen LogP contribution in [0.4, 0.5) is 102 Å². The van der Waals surface area contributed by atoms with E-state index in [0.29, 0.717) is 45.1 Å². The van der Waals surface area contributed by atoms with Crippen molar-refractivity contribution in [3.63, 3.8) is 0 Å². The summed E-state index contributed by atoms with van der Waals surface area (Å²) in [5.74, 6) is -3.41. The zero-order chi connectivity index (χ0) is 70.4. The molecule has 0 aliphatic carbocycles. The molecule has 100 heavy (non-hydrogen) atoms. The molecule has 0 saturated carbocycles. The Balaban J connectivity index is 0.000000151. The Hall–Kier alpha value is -10.8. The molecule has 3 aromatic heterocycles. The number of aromatic nitrogens is 6. The summed E-state index contributed by atoms with van der Waals surface area (Å²) in [7, 11) is 0. The maximum atomic E-state index is 13.9. The van der Waals surface area contributed by atoms with E-state index >= 15 is 0 Å². The van der Waals surface area contributed by atoms with Crippen LogP contribution in [0.5, 0.6) is 0 Å². The smallest absolute Gasteiger partial charge is 0.205 e. The number of para-hydroxylation sites is 2. The van der Waals surface area contributed by atoms with E-state index in [2.05, 4.69) is 133 Å². The second-order valence-corrected chi connectivity index (χ2v) is 26.2. The van der Waals surface area contributed by atoms with Gasteiger partial charge in [-0.3, -0.25) is 0 Å². The van der Waals surface area contributed by atoms with E-state index in [0.717, 1.165) is 28.1 Å². The molecule has 11 aromatic rings. The molecule has 6 heterocycles. The van der Waals surface area contributed by atoms with Crippen molar-refractivity contribution in [3.05, 3.63) is 259 Å². The van der Waals surface area contributed by atoms with Crippen molar-refractivity contribution in [3.8, 4) is 33.8 Å². The molecule has 14 rings (SSSR count). The van der Waals surface area contributed by atoms with Crippen molar-refractivity contribution in [2.24, 2.45) is 4.99 Å². The van der Waals surface area contributed by atoms with Crippen LogP contribution in [0.2, 0.25) is 0 Å². The van der Waals surface area contributed by atoms with E-state index in [-0.39, 0.29) is 76.6 Å². The first-order chi connectivity index (χ1) is 46.9. The summed E-state index contributed by atoms with van der Waals surface area (Å²) >= 11 is 0. The van der Waals surface area contributed by atoms with Gasteiger partial charge < -0.3 is 0 Å². The van der Waals surface area contributed by atoms with Crippen LogP contribution in [-0.4, -0.2) is 47.9 Å². The summed E-state index contributed by atoms with van der Waals surface area (Å²) in [6, 6.07) is 80.3. The summed E-state index contributed by atoms with van der Waals surface area (Å²) in [6.45, 7) is 18.8. The Morgan fingerprint density at radius 2 is 0.610 bits per heavy atom. The van der Waals surface area contributed by atoms with E-state index in [1.807, 2.05) is 109 Å². The van der Waals surface area contributed by atoms with Crippen LogP contribution in [0.15, 0.2) is 211 Å². The summed E-state index contributed by atoms with van der Waals surface area (Å²) in [5, 5.41) is 0. The molecule has 12 nitrogen and oxygen atoms in total. The van der Waals surface area contributed by atoms with Gasteiger partial charge in [-0.2, -0.15) is 107 Å². The minimum absolute atomic E-state index is 0. The molecule has 500 valence electrons. The molecule has 0 saturated heterocycles. The molecule has 3 aliphatic rings. The Labute approximate surface area is 584 Å². The first kappa shape index (κ1) is 70.5. The van der Waals surface area contributed by atoms with Crippen LogP contribution in [0.25, 0.3) is 33.8 Å². The van der Waals surface area contributed by atoms with Crippen molar-refractivity contribution in [1.82, 2.24) is 52.8 Å². The van der Waals surface area contributed by atoms with Gasteiger partial charge in [0.15, 0.2) is 11.4 Å². The Morgan fingerprint density at radius 3 is 0.910 bits per heavy atom. The third-order valence-corrected chi connectivity index (χ3v) is 16.0. The number of aliphatic imine (C=N–C) groups is 1.